The van der Waals surface area contributed by atoms with Gasteiger partial charge in [-0.25, -0.2) is 8.42 Å². The number of esters is 1. The van der Waals surface area contributed by atoms with Gasteiger partial charge in [0.05, 0.1) is 6.61 Å². The highest BCUT2D eigenvalue weighted by Gasteiger charge is 2.59. The van der Waals surface area contributed by atoms with Crippen molar-refractivity contribution in [2.45, 2.75) is 48.7 Å². The Hall–Kier alpha value is -1.19. The van der Waals surface area contributed by atoms with Gasteiger partial charge in [0.2, 0.25) is 0 Å². The summed E-state index contributed by atoms with van der Waals surface area (Å²) in [4.78, 5) is 12.7. The second-order valence-corrected chi connectivity index (χ2v) is 14.5. The molecule has 4 fully saturated rings. The van der Waals surface area contributed by atoms with Crippen molar-refractivity contribution in [3.8, 4) is 0 Å². The molecular formula is C21H28F2O5S2. The van der Waals surface area contributed by atoms with Gasteiger partial charge < -0.3 is 4.74 Å². The molecule has 0 radical (unpaired) electrons. The molecular weight excluding hydrogens is 434 g/mol. The number of hydrogen-bond acceptors (Lipinski definition) is 5. The van der Waals surface area contributed by atoms with Crippen LogP contribution in [-0.4, -0.2) is 38.8 Å². The summed E-state index contributed by atoms with van der Waals surface area (Å²) in [5.74, 6) is -0.338. The quantitative estimate of drug-likeness (QED) is 0.548. The zero-order valence-electron chi connectivity index (χ0n) is 17.2. The van der Waals surface area contributed by atoms with Crippen molar-refractivity contribution in [2.24, 2.45) is 23.2 Å². The number of alkyl halides is 2. The fraction of sp³-hybridized carbons (Fsp3) is 0.667. The summed E-state index contributed by atoms with van der Waals surface area (Å²) in [6.07, 6.45) is 8.99. The summed E-state index contributed by atoms with van der Waals surface area (Å²) in [6, 6.07) is 8.27. The van der Waals surface area contributed by atoms with Crippen molar-refractivity contribution in [3.63, 3.8) is 0 Å². The summed E-state index contributed by atoms with van der Waals surface area (Å²) in [5.41, 5.74) is -0.278. The smallest absolute Gasteiger partial charge is 0.460 e. The average Bonchev–Trinajstić information content (AvgIpc) is 2.65. The van der Waals surface area contributed by atoms with Gasteiger partial charge in [0.15, 0.2) is 0 Å². The van der Waals surface area contributed by atoms with Crippen LogP contribution in [0.1, 0.15) is 38.5 Å². The van der Waals surface area contributed by atoms with E-state index in [1.54, 1.807) is 30.3 Å². The lowest BCUT2D eigenvalue weighted by Gasteiger charge is -2.56. The SMILES string of the molecule is CS(C)(OS(=O)(=O)C(F)(F)C(=O)OCC12CC3CC(CC(C3)C1)C2)c1ccccc1. The van der Waals surface area contributed by atoms with Crippen LogP contribution in [0.3, 0.4) is 0 Å². The monoisotopic (exact) mass is 462 g/mol. The molecule has 0 unspecified atom stereocenters. The van der Waals surface area contributed by atoms with Crippen LogP contribution in [0.2, 0.25) is 0 Å². The van der Waals surface area contributed by atoms with Crippen molar-refractivity contribution >= 4 is 26.4 Å². The lowest BCUT2D eigenvalue weighted by molar-refractivity contribution is -0.171. The van der Waals surface area contributed by atoms with Gasteiger partial charge in [-0.2, -0.15) is 17.2 Å². The highest BCUT2D eigenvalue weighted by molar-refractivity contribution is 8.32. The van der Waals surface area contributed by atoms with Crippen molar-refractivity contribution in [1.82, 2.24) is 0 Å². The van der Waals surface area contributed by atoms with Gasteiger partial charge >= 0.3 is 21.3 Å². The van der Waals surface area contributed by atoms with E-state index in [2.05, 4.69) is 0 Å². The summed E-state index contributed by atoms with van der Waals surface area (Å²) in [5, 5.41) is -4.76. The van der Waals surface area contributed by atoms with E-state index in [-0.39, 0.29) is 12.0 Å². The second kappa shape index (κ2) is 7.45. The first kappa shape index (κ1) is 22.0. The average molecular weight is 463 g/mol. The van der Waals surface area contributed by atoms with Gasteiger partial charge in [-0.15, -0.1) is 0 Å². The van der Waals surface area contributed by atoms with Crippen molar-refractivity contribution < 1.29 is 30.4 Å². The fourth-order valence-electron chi connectivity index (χ4n) is 5.93. The van der Waals surface area contributed by atoms with E-state index in [1.807, 2.05) is 0 Å². The molecule has 0 aromatic heterocycles. The molecule has 1 aromatic carbocycles. The third-order valence-electron chi connectivity index (χ3n) is 6.80. The van der Waals surface area contributed by atoms with E-state index in [1.165, 1.54) is 31.8 Å². The van der Waals surface area contributed by atoms with Crippen LogP contribution in [-0.2, 0) is 23.3 Å². The minimum atomic E-state index is -5.51. The molecule has 0 atom stereocenters. The van der Waals surface area contributed by atoms with Gasteiger partial charge in [0.1, 0.15) is 0 Å². The number of hydrogen-bond donors (Lipinski definition) is 0. The maximum Gasteiger partial charge on any atom is 0.466 e. The minimum Gasteiger partial charge on any atom is -0.460 e. The van der Waals surface area contributed by atoms with Crippen LogP contribution in [0.25, 0.3) is 0 Å². The second-order valence-electron chi connectivity index (χ2n) is 9.58. The summed E-state index contributed by atoms with van der Waals surface area (Å²) in [6.45, 7) is -0.143. The van der Waals surface area contributed by atoms with Gasteiger partial charge in [-0.05, 0) is 80.9 Å². The van der Waals surface area contributed by atoms with Gasteiger partial charge in [0.25, 0.3) is 0 Å². The molecule has 4 saturated carbocycles. The zero-order chi connectivity index (χ0) is 21.8. The number of ether oxygens (including phenoxy) is 1. The molecule has 4 aliphatic carbocycles. The van der Waals surface area contributed by atoms with Crippen molar-refractivity contribution in [2.75, 3.05) is 19.1 Å². The highest BCUT2D eigenvalue weighted by atomic mass is 32.3. The summed E-state index contributed by atoms with van der Waals surface area (Å²) >= 11 is 0. The number of rotatable bonds is 7. The molecule has 0 heterocycles. The molecule has 5 rings (SSSR count). The van der Waals surface area contributed by atoms with E-state index in [9.17, 15) is 22.0 Å². The first-order chi connectivity index (χ1) is 13.9. The minimum absolute atomic E-state index is 0.143. The topological polar surface area (TPSA) is 69.7 Å². The third-order valence-corrected chi connectivity index (χ3v) is 11.1. The van der Waals surface area contributed by atoms with E-state index in [4.69, 9.17) is 8.37 Å². The number of carbonyl (C=O) groups is 1. The lowest BCUT2D eigenvalue weighted by Crippen LogP contribution is -2.49. The predicted molar refractivity (Wildman–Crippen MR) is 111 cm³/mol. The maximum atomic E-state index is 14.6. The molecule has 1 aromatic rings. The first-order valence-electron chi connectivity index (χ1n) is 10.2. The van der Waals surface area contributed by atoms with E-state index >= 15 is 0 Å². The Morgan fingerprint density at radius 3 is 2.03 bits per heavy atom. The Kier molecular flexibility index (Phi) is 5.47. The Labute approximate surface area is 178 Å². The number of halogens is 2. The molecule has 0 saturated heterocycles. The lowest BCUT2D eigenvalue weighted by atomic mass is 9.50. The number of carbonyl (C=O) groups excluding carboxylic acids is 1. The number of benzene rings is 1. The first-order valence-corrected chi connectivity index (χ1v) is 14.0. The summed E-state index contributed by atoms with van der Waals surface area (Å²) < 4.78 is 63.8. The molecule has 0 N–H and O–H groups in total. The molecule has 0 amide bonds. The van der Waals surface area contributed by atoms with Crippen LogP contribution in [0, 0.1) is 23.2 Å². The molecule has 30 heavy (non-hydrogen) atoms. The predicted octanol–water partition coefficient (Wildman–Crippen LogP) is 4.72. The molecule has 0 spiro atoms. The normalized spacial score (nSPS) is 31.5. The van der Waals surface area contributed by atoms with Crippen molar-refractivity contribution in [1.29, 1.82) is 0 Å². The van der Waals surface area contributed by atoms with E-state index < -0.39 is 31.7 Å². The van der Waals surface area contributed by atoms with Crippen LogP contribution in [0.4, 0.5) is 8.78 Å². The molecule has 4 aliphatic rings. The molecule has 5 nitrogen and oxygen atoms in total. The summed E-state index contributed by atoms with van der Waals surface area (Å²) in [7, 11) is -8.08. The van der Waals surface area contributed by atoms with Crippen molar-refractivity contribution in [3.05, 3.63) is 30.3 Å². The Bertz CT molecular complexity index is 879. The highest BCUT2D eigenvalue weighted by Crippen LogP contribution is 2.60. The standard InChI is InChI=1S/C21H28F2O5S2/c1-29(2,18-6-4-3-5-7-18)28-30(25,26)21(22,23)19(24)27-14-20-11-15-8-16(12-20)10-17(9-15)13-20/h3-7,15-17H,8-14H2,1-2H3. The van der Waals surface area contributed by atoms with Gasteiger partial charge in [-0.1, -0.05) is 28.5 Å². The fourth-order valence-corrected chi connectivity index (χ4v) is 9.45. The van der Waals surface area contributed by atoms with Gasteiger partial charge in [-0.3, -0.25) is 0 Å². The molecule has 168 valence electrons. The molecule has 4 bridgehead atoms. The third kappa shape index (κ3) is 4.00. The Morgan fingerprint density at radius 2 is 1.53 bits per heavy atom. The Balaban J connectivity index is 1.44. The molecule has 0 aliphatic heterocycles. The maximum absolute atomic E-state index is 14.6. The van der Waals surface area contributed by atoms with Crippen LogP contribution in [0.15, 0.2) is 35.2 Å². The Morgan fingerprint density at radius 1 is 1.03 bits per heavy atom. The zero-order valence-corrected chi connectivity index (χ0v) is 18.8. The van der Waals surface area contributed by atoms with Crippen LogP contribution < -0.4 is 0 Å². The van der Waals surface area contributed by atoms with Crippen LogP contribution in [0.5, 0.6) is 0 Å². The van der Waals surface area contributed by atoms with Gasteiger partial charge in [0, 0.05) is 10.3 Å². The van der Waals surface area contributed by atoms with Crippen LogP contribution >= 0.6 is 10.3 Å². The van der Waals surface area contributed by atoms with E-state index in [0.29, 0.717) is 22.6 Å². The van der Waals surface area contributed by atoms with E-state index in [0.717, 1.165) is 19.3 Å². The largest absolute Gasteiger partial charge is 0.466 e. The molecule has 9 heteroatoms.